The Morgan fingerprint density at radius 3 is 0.882 bits per heavy atom. The van der Waals surface area contributed by atoms with Crippen LogP contribution >= 0.6 is 0 Å². The number of rotatable bonds is 51. The fourth-order valence-corrected chi connectivity index (χ4v) is 7.87. The number of aliphatic hydroxyl groups is 1. The lowest BCUT2D eigenvalue weighted by atomic mass is 10.0. The second-order valence-electron chi connectivity index (χ2n) is 18.6. The summed E-state index contributed by atoms with van der Waals surface area (Å²) in [5.74, 6) is -0.610. The van der Waals surface area contributed by atoms with Crippen LogP contribution < -0.4 is 0 Å². The monoisotopic (exact) mass is 943 g/mol. The SMILES string of the molecule is CC/C=C\C/C=C\C/C=C\C/C=C\C/C=C\CCCCCCCC(=O)OC(CO)COC(=O)CCCCCCCCCCCCCCCCCCCCCC/C=C\C/C=C\C/C=C\C/C=C\CC. The molecule has 0 saturated heterocycles. The van der Waals surface area contributed by atoms with Gasteiger partial charge in [-0.1, -0.05) is 258 Å². The van der Waals surface area contributed by atoms with Gasteiger partial charge in [0.05, 0.1) is 6.61 Å². The first-order chi connectivity index (χ1) is 33.6. The molecule has 0 radical (unpaired) electrons. The Hall–Kier alpha value is -3.44. The van der Waals surface area contributed by atoms with Gasteiger partial charge in [0, 0.05) is 12.8 Å². The Morgan fingerprint density at radius 1 is 0.338 bits per heavy atom. The van der Waals surface area contributed by atoms with Gasteiger partial charge in [0.2, 0.25) is 0 Å². The van der Waals surface area contributed by atoms with Crippen LogP contribution in [0.4, 0.5) is 0 Å². The van der Waals surface area contributed by atoms with Crippen molar-refractivity contribution in [2.24, 2.45) is 0 Å². The van der Waals surface area contributed by atoms with Crippen LogP contribution in [0.5, 0.6) is 0 Å². The number of hydrogen-bond donors (Lipinski definition) is 1. The standard InChI is InChI=1S/C63H106O5/c1-3-5-7-9-11-13-15-17-19-21-23-25-26-27-28-29-30-31-32-33-34-35-36-38-39-41-43-45-47-49-51-53-55-57-62(65)67-60-61(59-64)68-63(66)58-56-54-52-50-48-46-44-42-40-37-24-22-20-18-16-14-12-10-8-6-4-2/h5-8,11-14,17-20,23-25,37,42,44,61,64H,3-4,9-10,15-16,21-22,26-36,38-41,43,45-60H2,1-2H3/b7-5-,8-6-,13-11-,14-12-,19-17-,20-18-,25-23-,37-24-,44-42-. The summed E-state index contributed by atoms with van der Waals surface area (Å²) < 4.78 is 10.7. The van der Waals surface area contributed by atoms with Crippen molar-refractivity contribution in [1.82, 2.24) is 0 Å². The Kier molecular flexibility index (Phi) is 54.9. The molecule has 0 aliphatic rings. The third kappa shape index (κ3) is 55.2. The normalized spacial score (nSPS) is 13.0. The van der Waals surface area contributed by atoms with Gasteiger partial charge in [-0.2, -0.15) is 0 Å². The molecule has 0 fully saturated rings. The molecule has 5 nitrogen and oxygen atoms in total. The van der Waals surface area contributed by atoms with E-state index in [1.165, 1.54) is 116 Å². The van der Waals surface area contributed by atoms with Crippen LogP contribution in [-0.4, -0.2) is 36.4 Å². The van der Waals surface area contributed by atoms with Crippen LogP contribution in [0.15, 0.2) is 109 Å². The summed E-state index contributed by atoms with van der Waals surface area (Å²) in [6.07, 6.45) is 83.5. The summed E-state index contributed by atoms with van der Waals surface area (Å²) in [5.41, 5.74) is 0. The molecule has 68 heavy (non-hydrogen) atoms. The first-order valence-electron chi connectivity index (χ1n) is 28.4. The topological polar surface area (TPSA) is 72.8 Å². The second-order valence-corrected chi connectivity index (χ2v) is 18.6. The molecule has 0 bridgehead atoms. The van der Waals surface area contributed by atoms with Crippen LogP contribution in [0.3, 0.4) is 0 Å². The molecule has 0 heterocycles. The van der Waals surface area contributed by atoms with Crippen molar-refractivity contribution < 1.29 is 24.2 Å². The molecule has 0 spiro atoms. The zero-order chi connectivity index (χ0) is 49.2. The molecular weight excluding hydrogens is 837 g/mol. The van der Waals surface area contributed by atoms with Crippen molar-refractivity contribution in [3.63, 3.8) is 0 Å². The lowest BCUT2D eigenvalue weighted by Crippen LogP contribution is -2.28. The van der Waals surface area contributed by atoms with E-state index in [4.69, 9.17) is 9.47 Å². The van der Waals surface area contributed by atoms with E-state index in [9.17, 15) is 14.7 Å². The predicted octanol–water partition coefficient (Wildman–Crippen LogP) is 19.3. The van der Waals surface area contributed by atoms with Gasteiger partial charge in [-0.15, -0.1) is 0 Å². The van der Waals surface area contributed by atoms with E-state index in [-0.39, 0.29) is 25.2 Å². The van der Waals surface area contributed by atoms with E-state index < -0.39 is 6.10 Å². The van der Waals surface area contributed by atoms with Crippen molar-refractivity contribution in [3.05, 3.63) is 109 Å². The molecule has 0 aliphatic carbocycles. The summed E-state index contributed by atoms with van der Waals surface area (Å²) in [6, 6.07) is 0. The molecule has 0 aliphatic heterocycles. The fraction of sp³-hybridized carbons (Fsp3) is 0.683. The molecular formula is C63H106O5. The summed E-state index contributed by atoms with van der Waals surface area (Å²) in [6.45, 7) is 3.91. The summed E-state index contributed by atoms with van der Waals surface area (Å²) in [7, 11) is 0. The second kappa shape index (κ2) is 57.9. The highest BCUT2D eigenvalue weighted by Crippen LogP contribution is 2.16. The maximum atomic E-state index is 12.3. The highest BCUT2D eigenvalue weighted by atomic mass is 16.6. The van der Waals surface area contributed by atoms with Gasteiger partial charge < -0.3 is 14.6 Å². The summed E-state index contributed by atoms with van der Waals surface area (Å²) in [4.78, 5) is 24.5. The predicted molar refractivity (Wildman–Crippen MR) is 297 cm³/mol. The summed E-state index contributed by atoms with van der Waals surface area (Å²) in [5, 5.41) is 9.65. The quantitative estimate of drug-likeness (QED) is 0.0374. The molecule has 0 aromatic carbocycles. The molecule has 0 saturated carbocycles. The van der Waals surface area contributed by atoms with Crippen molar-refractivity contribution in [2.75, 3.05) is 13.2 Å². The van der Waals surface area contributed by atoms with Crippen molar-refractivity contribution in [1.29, 1.82) is 0 Å². The third-order valence-corrected chi connectivity index (χ3v) is 12.1. The number of ether oxygens (including phenoxy) is 2. The van der Waals surface area contributed by atoms with Gasteiger partial charge >= 0.3 is 11.9 Å². The van der Waals surface area contributed by atoms with Crippen molar-refractivity contribution >= 4 is 11.9 Å². The van der Waals surface area contributed by atoms with Crippen molar-refractivity contribution in [2.45, 2.75) is 264 Å². The van der Waals surface area contributed by atoms with Crippen LogP contribution in [-0.2, 0) is 19.1 Å². The average molecular weight is 944 g/mol. The maximum Gasteiger partial charge on any atom is 0.306 e. The molecule has 1 N–H and O–H groups in total. The zero-order valence-corrected chi connectivity index (χ0v) is 44.3. The highest BCUT2D eigenvalue weighted by Gasteiger charge is 2.16. The van der Waals surface area contributed by atoms with Crippen molar-refractivity contribution in [3.8, 4) is 0 Å². The van der Waals surface area contributed by atoms with Crippen LogP contribution in [0.2, 0.25) is 0 Å². The average Bonchev–Trinajstić information content (AvgIpc) is 3.34. The molecule has 0 aromatic rings. The molecule has 0 rings (SSSR count). The van der Waals surface area contributed by atoms with Crippen LogP contribution in [0.25, 0.3) is 0 Å². The van der Waals surface area contributed by atoms with Gasteiger partial charge in [0.15, 0.2) is 6.10 Å². The van der Waals surface area contributed by atoms with Crippen LogP contribution in [0.1, 0.15) is 258 Å². The Morgan fingerprint density at radius 2 is 0.588 bits per heavy atom. The Labute approximate surface area is 421 Å². The minimum absolute atomic E-state index is 0.0772. The number of allylic oxidation sites excluding steroid dienone is 18. The molecule has 5 heteroatoms. The number of esters is 2. The van der Waals surface area contributed by atoms with Gasteiger partial charge in [0.1, 0.15) is 6.61 Å². The molecule has 388 valence electrons. The third-order valence-electron chi connectivity index (χ3n) is 12.1. The fourth-order valence-electron chi connectivity index (χ4n) is 7.87. The molecule has 0 amide bonds. The van der Waals surface area contributed by atoms with E-state index in [0.717, 1.165) is 116 Å². The smallest absolute Gasteiger partial charge is 0.306 e. The van der Waals surface area contributed by atoms with Gasteiger partial charge in [0.25, 0.3) is 0 Å². The van der Waals surface area contributed by atoms with Gasteiger partial charge in [-0.3, -0.25) is 9.59 Å². The number of carbonyl (C=O) groups excluding carboxylic acids is 2. The zero-order valence-electron chi connectivity index (χ0n) is 44.3. The number of hydrogen-bond acceptors (Lipinski definition) is 5. The van der Waals surface area contributed by atoms with E-state index in [0.29, 0.717) is 12.8 Å². The highest BCUT2D eigenvalue weighted by molar-refractivity contribution is 5.70. The van der Waals surface area contributed by atoms with E-state index in [1.54, 1.807) is 0 Å². The molecule has 1 unspecified atom stereocenters. The maximum absolute atomic E-state index is 12.3. The molecule has 0 aromatic heterocycles. The number of carbonyl (C=O) groups is 2. The minimum Gasteiger partial charge on any atom is -0.462 e. The Balaban J connectivity index is 3.49. The lowest BCUT2D eigenvalue weighted by Gasteiger charge is -2.15. The largest absolute Gasteiger partial charge is 0.462 e. The van der Waals surface area contributed by atoms with Gasteiger partial charge in [-0.25, -0.2) is 0 Å². The number of unbranched alkanes of at least 4 members (excludes halogenated alkanes) is 25. The molecule has 1 atom stereocenters. The van der Waals surface area contributed by atoms with E-state index >= 15 is 0 Å². The lowest BCUT2D eigenvalue weighted by molar-refractivity contribution is -0.161. The van der Waals surface area contributed by atoms with E-state index in [1.807, 2.05) is 0 Å². The number of aliphatic hydroxyl groups excluding tert-OH is 1. The van der Waals surface area contributed by atoms with Crippen LogP contribution in [0, 0.1) is 0 Å². The summed E-state index contributed by atoms with van der Waals surface area (Å²) >= 11 is 0. The first kappa shape index (κ1) is 64.6. The van der Waals surface area contributed by atoms with Gasteiger partial charge in [-0.05, 0) is 96.3 Å². The first-order valence-corrected chi connectivity index (χ1v) is 28.4. The Bertz CT molecular complexity index is 1340. The minimum atomic E-state index is -0.788. The van der Waals surface area contributed by atoms with E-state index in [2.05, 4.69) is 123 Å².